The Kier molecular flexibility index (Phi) is 5.58. The van der Waals surface area contributed by atoms with Gasteiger partial charge in [-0.1, -0.05) is 33.1 Å². The largest absolute Gasteiger partial charge is 0.390 e. The van der Waals surface area contributed by atoms with Gasteiger partial charge in [0.25, 0.3) is 0 Å². The highest BCUT2D eigenvalue weighted by atomic mass is 19.4. The Morgan fingerprint density at radius 3 is 2.43 bits per heavy atom. The van der Waals surface area contributed by atoms with E-state index in [1.54, 1.807) is 0 Å². The van der Waals surface area contributed by atoms with Crippen LogP contribution in [0.2, 0.25) is 0 Å². The van der Waals surface area contributed by atoms with E-state index in [-0.39, 0.29) is 18.1 Å². The third-order valence-corrected chi connectivity index (χ3v) is 4.97. The smallest absolute Gasteiger partial charge is 0.308 e. The Balaban J connectivity index is 2.00. The lowest BCUT2D eigenvalue weighted by atomic mass is 9.79. The first-order valence-corrected chi connectivity index (χ1v) is 8.35. The van der Waals surface area contributed by atoms with E-state index in [0.29, 0.717) is 5.92 Å². The molecule has 0 aromatic heterocycles. The number of piperazine rings is 1. The van der Waals surface area contributed by atoms with Gasteiger partial charge in [-0.15, -0.1) is 0 Å². The first-order valence-electron chi connectivity index (χ1n) is 8.35. The number of hydrogen-bond acceptors (Lipinski definition) is 2. The van der Waals surface area contributed by atoms with Crippen LogP contribution in [-0.2, 0) is 0 Å². The summed E-state index contributed by atoms with van der Waals surface area (Å²) in [6.45, 7) is 6.08. The molecule has 1 N–H and O–H groups in total. The van der Waals surface area contributed by atoms with E-state index in [0.717, 1.165) is 32.4 Å². The number of alkyl halides is 3. The van der Waals surface area contributed by atoms with Crippen LogP contribution in [0.1, 0.15) is 58.8 Å². The molecule has 2 rings (SSSR count). The molecule has 0 radical (unpaired) electrons. The Labute approximate surface area is 126 Å². The minimum atomic E-state index is -4.05. The maximum Gasteiger partial charge on any atom is 0.390 e. The van der Waals surface area contributed by atoms with Gasteiger partial charge in [-0.05, 0) is 25.2 Å². The molecule has 1 saturated heterocycles. The van der Waals surface area contributed by atoms with Gasteiger partial charge in [-0.25, -0.2) is 0 Å². The number of nitrogens with zero attached hydrogens (tertiary/aromatic N) is 1. The van der Waals surface area contributed by atoms with Crippen molar-refractivity contribution in [2.75, 3.05) is 19.6 Å². The molecule has 1 heterocycles. The van der Waals surface area contributed by atoms with Crippen molar-refractivity contribution in [3.63, 3.8) is 0 Å². The molecule has 0 bridgehead atoms. The molecule has 21 heavy (non-hydrogen) atoms. The topological polar surface area (TPSA) is 15.3 Å². The van der Waals surface area contributed by atoms with E-state index in [4.69, 9.17) is 0 Å². The van der Waals surface area contributed by atoms with Crippen LogP contribution in [0.15, 0.2) is 0 Å². The molecule has 1 unspecified atom stereocenters. The molecule has 2 aliphatic rings. The van der Waals surface area contributed by atoms with Gasteiger partial charge in [0.05, 0.1) is 6.42 Å². The van der Waals surface area contributed by atoms with Gasteiger partial charge in [0, 0.05) is 31.2 Å². The van der Waals surface area contributed by atoms with Gasteiger partial charge in [-0.3, -0.25) is 4.90 Å². The van der Waals surface area contributed by atoms with Crippen molar-refractivity contribution in [2.45, 2.75) is 76.6 Å². The highest BCUT2D eigenvalue weighted by Crippen LogP contribution is 2.33. The molecule has 124 valence electrons. The second kappa shape index (κ2) is 6.86. The summed E-state index contributed by atoms with van der Waals surface area (Å²) in [5.41, 5.74) is 0.0807. The number of rotatable bonds is 4. The molecule has 0 aromatic rings. The zero-order valence-electron chi connectivity index (χ0n) is 13.3. The van der Waals surface area contributed by atoms with Gasteiger partial charge in [0.2, 0.25) is 0 Å². The van der Waals surface area contributed by atoms with Crippen molar-refractivity contribution in [1.82, 2.24) is 10.2 Å². The summed E-state index contributed by atoms with van der Waals surface area (Å²) in [6, 6.07) is 0.250. The lowest BCUT2D eigenvalue weighted by Crippen LogP contribution is -2.65. The van der Waals surface area contributed by atoms with Crippen molar-refractivity contribution in [1.29, 1.82) is 0 Å². The van der Waals surface area contributed by atoms with Crippen molar-refractivity contribution < 1.29 is 13.2 Å². The SMILES string of the molecule is CC(C)CC1CNC2(CCCCC2)CN1CCC(F)(F)F. The van der Waals surface area contributed by atoms with Crippen molar-refractivity contribution in [3.8, 4) is 0 Å². The molecule has 2 fully saturated rings. The van der Waals surface area contributed by atoms with Crippen LogP contribution in [0, 0.1) is 5.92 Å². The Hall–Kier alpha value is -0.290. The first kappa shape index (κ1) is 17.1. The van der Waals surface area contributed by atoms with E-state index in [1.807, 2.05) is 0 Å². The van der Waals surface area contributed by atoms with Crippen LogP contribution in [0.4, 0.5) is 13.2 Å². The summed E-state index contributed by atoms with van der Waals surface area (Å²) < 4.78 is 37.8. The van der Waals surface area contributed by atoms with Crippen LogP contribution in [-0.4, -0.2) is 42.3 Å². The molecule has 0 aromatic carbocycles. The average molecular weight is 306 g/mol. The summed E-state index contributed by atoms with van der Waals surface area (Å²) in [4.78, 5) is 2.12. The lowest BCUT2D eigenvalue weighted by Gasteiger charge is -2.50. The monoisotopic (exact) mass is 306 g/mol. The van der Waals surface area contributed by atoms with Gasteiger partial charge >= 0.3 is 6.18 Å². The van der Waals surface area contributed by atoms with Crippen LogP contribution in [0.5, 0.6) is 0 Å². The molecule has 5 heteroatoms. The minimum Gasteiger partial charge on any atom is -0.308 e. The van der Waals surface area contributed by atoms with Crippen molar-refractivity contribution >= 4 is 0 Å². The summed E-state index contributed by atoms with van der Waals surface area (Å²) >= 11 is 0. The lowest BCUT2D eigenvalue weighted by molar-refractivity contribution is -0.141. The summed E-state index contributed by atoms with van der Waals surface area (Å²) in [5, 5.41) is 3.69. The minimum absolute atomic E-state index is 0.0807. The quantitative estimate of drug-likeness (QED) is 0.845. The highest BCUT2D eigenvalue weighted by Gasteiger charge is 2.41. The molecular formula is C16H29F3N2. The van der Waals surface area contributed by atoms with E-state index in [9.17, 15) is 13.2 Å². The summed E-state index contributed by atoms with van der Waals surface area (Å²) in [7, 11) is 0. The summed E-state index contributed by atoms with van der Waals surface area (Å²) in [5.74, 6) is 0.519. The summed E-state index contributed by atoms with van der Waals surface area (Å²) in [6.07, 6.45) is 2.14. The van der Waals surface area contributed by atoms with E-state index < -0.39 is 12.6 Å². The third kappa shape index (κ3) is 5.13. The fraction of sp³-hybridized carbons (Fsp3) is 1.00. The predicted molar refractivity (Wildman–Crippen MR) is 79.3 cm³/mol. The van der Waals surface area contributed by atoms with Crippen molar-refractivity contribution in [3.05, 3.63) is 0 Å². The molecule has 1 saturated carbocycles. The second-order valence-corrected chi connectivity index (χ2v) is 7.34. The molecule has 1 aliphatic carbocycles. The fourth-order valence-electron chi connectivity index (χ4n) is 3.91. The fourth-order valence-corrected chi connectivity index (χ4v) is 3.91. The molecule has 2 nitrogen and oxygen atoms in total. The van der Waals surface area contributed by atoms with Crippen LogP contribution in [0.3, 0.4) is 0 Å². The highest BCUT2D eigenvalue weighted by molar-refractivity contribution is 4.99. The van der Waals surface area contributed by atoms with Gasteiger partial charge < -0.3 is 5.32 Å². The third-order valence-electron chi connectivity index (χ3n) is 4.97. The molecule has 1 spiro atoms. The Morgan fingerprint density at radius 2 is 1.86 bits per heavy atom. The maximum absolute atomic E-state index is 12.6. The van der Waals surface area contributed by atoms with E-state index in [1.165, 1.54) is 19.3 Å². The molecule has 1 atom stereocenters. The van der Waals surface area contributed by atoms with Crippen LogP contribution < -0.4 is 5.32 Å². The predicted octanol–water partition coefficient (Wildman–Crippen LogP) is 3.96. The number of halogens is 3. The standard InChI is InChI=1S/C16H29F3N2/c1-13(2)10-14-11-20-15(6-4-3-5-7-15)12-21(14)9-8-16(17,18)19/h13-14,20H,3-12H2,1-2H3. The molecular weight excluding hydrogens is 277 g/mol. The molecule has 0 amide bonds. The number of nitrogens with one attached hydrogen (secondary N) is 1. The van der Waals surface area contributed by atoms with Crippen LogP contribution in [0.25, 0.3) is 0 Å². The zero-order chi connectivity index (χ0) is 15.5. The second-order valence-electron chi connectivity index (χ2n) is 7.34. The van der Waals surface area contributed by atoms with E-state index in [2.05, 4.69) is 24.1 Å². The number of hydrogen-bond donors (Lipinski definition) is 1. The van der Waals surface area contributed by atoms with Gasteiger partial charge in [0.15, 0.2) is 0 Å². The molecule has 1 aliphatic heterocycles. The van der Waals surface area contributed by atoms with Crippen molar-refractivity contribution in [2.24, 2.45) is 5.92 Å². The zero-order valence-corrected chi connectivity index (χ0v) is 13.3. The average Bonchev–Trinajstić information content (AvgIpc) is 2.39. The normalized spacial score (nSPS) is 27.4. The van der Waals surface area contributed by atoms with Crippen LogP contribution >= 0.6 is 0 Å². The first-order chi connectivity index (χ1) is 9.80. The van der Waals surface area contributed by atoms with E-state index >= 15 is 0 Å². The Bertz CT molecular complexity index is 322. The van der Waals surface area contributed by atoms with Gasteiger partial charge in [0.1, 0.15) is 0 Å². The van der Waals surface area contributed by atoms with Gasteiger partial charge in [-0.2, -0.15) is 13.2 Å². The Morgan fingerprint density at radius 1 is 1.19 bits per heavy atom. The maximum atomic E-state index is 12.6.